The number of aromatic nitrogens is 5. The lowest BCUT2D eigenvalue weighted by Crippen LogP contribution is -2.50. The third kappa shape index (κ3) is 4.98. The summed E-state index contributed by atoms with van der Waals surface area (Å²) in [6, 6.07) is 62.2. The van der Waals surface area contributed by atoms with Crippen molar-refractivity contribution in [2.75, 3.05) is 9.80 Å². The van der Waals surface area contributed by atoms with E-state index in [1.807, 2.05) is 97.1 Å². The molecule has 3 fully saturated rings. The number of hydrogen-bond donors (Lipinski definition) is 0. The van der Waals surface area contributed by atoms with Gasteiger partial charge in [-0.1, -0.05) is 132 Å². The van der Waals surface area contributed by atoms with Crippen LogP contribution in [-0.4, -0.2) is 47.5 Å². The van der Waals surface area contributed by atoms with Crippen LogP contribution >= 0.6 is 0 Å². The molecule has 6 heterocycles. The van der Waals surface area contributed by atoms with Gasteiger partial charge in [0, 0.05) is 37.9 Å². The van der Waals surface area contributed by atoms with Gasteiger partial charge < -0.3 is 18.1 Å². The van der Waals surface area contributed by atoms with E-state index in [1.165, 1.54) is 4.90 Å². The molecular weight excluding hydrogens is 875 g/mol. The van der Waals surface area contributed by atoms with Crippen molar-refractivity contribution < 1.29 is 23.6 Å². The highest BCUT2D eigenvalue weighted by Crippen LogP contribution is 2.58. The summed E-state index contributed by atoms with van der Waals surface area (Å²) in [7, 11) is 0. The molecule has 1 saturated carbocycles. The molecule has 4 atom stereocenters. The summed E-state index contributed by atoms with van der Waals surface area (Å²) in [5.74, 6) is -6.59. The average molecular weight is 910 g/mol. The van der Waals surface area contributed by atoms with E-state index in [4.69, 9.17) is 4.42 Å². The molecule has 3 aliphatic rings. The Morgan fingerprint density at radius 2 is 0.629 bits per heavy atom. The summed E-state index contributed by atoms with van der Waals surface area (Å²) in [6.07, 6.45) is 0. The van der Waals surface area contributed by atoms with Gasteiger partial charge in [-0.05, 0) is 60.7 Å². The molecular formula is C58H35N7O5. The number of anilines is 2. The minimum Gasteiger partial charge on any atom is -0.403 e. The lowest BCUT2D eigenvalue weighted by Gasteiger charge is -2.36. The molecule has 12 nitrogen and oxygen atoms in total. The molecule has 2 aliphatic heterocycles. The lowest BCUT2D eigenvalue weighted by molar-refractivity contribution is -0.146. The number of rotatable bonds is 6. The number of nitrogens with zero attached hydrogens (tertiary/aromatic N) is 7. The molecule has 0 spiro atoms. The maximum absolute atomic E-state index is 15.5. The third-order valence-corrected chi connectivity index (χ3v) is 15.0. The van der Waals surface area contributed by atoms with Crippen LogP contribution in [0.5, 0.6) is 0 Å². The molecule has 8 aromatic carbocycles. The molecule has 4 aromatic heterocycles. The van der Waals surface area contributed by atoms with Gasteiger partial charge >= 0.3 is 6.01 Å². The Bertz CT molecular complexity index is 4090. The molecule has 4 unspecified atom stereocenters. The van der Waals surface area contributed by atoms with E-state index in [0.29, 0.717) is 22.6 Å². The zero-order valence-electron chi connectivity index (χ0n) is 36.9. The molecule has 15 rings (SSSR count). The summed E-state index contributed by atoms with van der Waals surface area (Å²) in [5.41, 5.74) is 8.60. The van der Waals surface area contributed by atoms with E-state index in [9.17, 15) is 9.59 Å². The van der Waals surface area contributed by atoms with Crippen LogP contribution < -0.4 is 9.80 Å². The normalized spacial score (nSPS) is 18.9. The quantitative estimate of drug-likeness (QED) is 0.152. The van der Waals surface area contributed by atoms with E-state index in [0.717, 1.165) is 76.0 Å². The number of fused-ring (bicyclic) bond motifs is 13. The largest absolute Gasteiger partial charge is 0.403 e. The Labute approximate surface area is 396 Å². The number of amides is 4. The van der Waals surface area contributed by atoms with Gasteiger partial charge in [0.1, 0.15) is 0 Å². The van der Waals surface area contributed by atoms with E-state index in [2.05, 4.69) is 103 Å². The van der Waals surface area contributed by atoms with E-state index in [-0.39, 0.29) is 11.9 Å². The summed E-state index contributed by atoms with van der Waals surface area (Å²) in [4.78, 5) is 62.0. The molecule has 2 saturated heterocycles. The van der Waals surface area contributed by atoms with Crippen LogP contribution in [0.25, 0.3) is 93.9 Å². The Morgan fingerprint density at radius 1 is 0.329 bits per heavy atom. The summed E-state index contributed by atoms with van der Waals surface area (Å²) < 4.78 is 12.5. The SMILES string of the molecule is O=C1C2C(C(=O)N1c1nnc(-c3ccccc3)o1)C1C(=O)N(c3cc(-n4c5ccccc5c5ccccc54)c(-n4c5ccccc5c5ccccc54)cc3-n3c4ccccc4c4ccccc43)C(=O)C21. The lowest BCUT2D eigenvalue weighted by atomic mass is 9.59. The van der Waals surface area contributed by atoms with Crippen molar-refractivity contribution in [3.8, 4) is 28.5 Å². The van der Waals surface area contributed by atoms with Crippen molar-refractivity contribution >= 4 is 101 Å². The minimum atomic E-state index is -1.09. The van der Waals surface area contributed by atoms with Crippen molar-refractivity contribution in [3.63, 3.8) is 0 Å². The molecule has 4 amide bonds. The number of benzene rings is 8. The second-order valence-electron chi connectivity index (χ2n) is 18.3. The predicted octanol–water partition coefficient (Wildman–Crippen LogP) is 11.0. The first kappa shape index (κ1) is 38.7. The molecule has 12 aromatic rings. The summed E-state index contributed by atoms with van der Waals surface area (Å²) in [5, 5.41) is 14.4. The second-order valence-corrected chi connectivity index (χ2v) is 18.3. The molecule has 1 aliphatic carbocycles. The first-order valence-corrected chi connectivity index (χ1v) is 23.2. The van der Waals surface area contributed by atoms with Gasteiger partial charge in [0.2, 0.25) is 29.5 Å². The Morgan fingerprint density at radius 3 is 1.00 bits per heavy atom. The highest BCUT2D eigenvalue weighted by Gasteiger charge is 2.74. The molecule has 0 radical (unpaired) electrons. The minimum absolute atomic E-state index is 0.134. The van der Waals surface area contributed by atoms with Crippen LogP contribution in [0, 0.1) is 23.7 Å². The van der Waals surface area contributed by atoms with Gasteiger partial charge in [0.15, 0.2) is 0 Å². The fraction of sp³-hybridized carbons (Fsp3) is 0.0690. The highest BCUT2D eigenvalue weighted by atomic mass is 16.4. The number of carbonyl (C=O) groups is 4. The zero-order chi connectivity index (χ0) is 46.5. The van der Waals surface area contributed by atoms with Crippen LogP contribution in [0.15, 0.2) is 192 Å². The summed E-state index contributed by atoms with van der Waals surface area (Å²) >= 11 is 0. The van der Waals surface area contributed by atoms with E-state index in [1.54, 1.807) is 12.1 Å². The summed E-state index contributed by atoms with van der Waals surface area (Å²) in [6.45, 7) is 0. The monoisotopic (exact) mass is 909 g/mol. The van der Waals surface area contributed by atoms with Crippen molar-refractivity contribution in [1.82, 2.24) is 23.9 Å². The average Bonchev–Trinajstić information content (AvgIpc) is 4.22. The number of hydrogen-bond acceptors (Lipinski definition) is 7. The first-order valence-electron chi connectivity index (χ1n) is 23.2. The number of imide groups is 2. The van der Waals surface area contributed by atoms with E-state index >= 15 is 9.59 Å². The fourth-order valence-corrected chi connectivity index (χ4v) is 12.0. The van der Waals surface area contributed by atoms with Crippen molar-refractivity contribution in [3.05, 3.63) is 188 Å². The van der Waals surface area contributed by atoms with Gasteiger partial charge in [-0.2, -0.15) is 4.90 Å². The maximum Gasteiger partial charge on any atom is 0.332 e. The van der Waals surface area contributed by atoms with E-state index < -0.39 is 47.3 Å². The van der Waals surface area contributed by atoms with Crippen LogP contribution in [-0.2, 0) is 19.2 Å². The van der Waals surface area contributed by atoms with Gasteiger partial charge in [-0.3, -0.25) is 19.2 Å². The van der Waals surface area contributed by atoms with Crippen LogP contribution in [0.4, 0.5) is 11.7 Å². The molecule has 12 heteroatoms. The topological polar surface area (TPSA) is 128 Å². The zero-order valence-corrected chi connectivity index (χ0v) is 36.9. The van der Waals surface area contributed by atoms with Crippen LogP contribution in [0.3, 0.4) is 0 Å². The third-order valence-electron chi connectivity index (χ3n) is 15.0. The van der Waals surface area contributed by atoms with Gasteiger partial charge in [0.25, 0.3) is 0 Å². The fourth-order valence-electron chi connectivity index (χ4n) is 12.0. The van der Waals surface area contributed by atoms with Gasteiger partial charge in [-0.15, -0.1) is 5.10 Å². The smallest absolute Gasteiger partial charge is 0.332 e. The maximum atomic E-state index is 15.5. The van der Waals surface area contributed by atoms with Gasteiger partial charge in [0.05, 0.1) is 79.5 Å². The first-order chi connectivity index (χ1) is 34.5. The highest BCUT2D eigenvalue weighted by molar-refractivity contribution is 6.32. The molecule has 70 heavy (non-hydrogen) atoms. The van der Waals surface area contributed by atoms with Crippen LogP contribution in [0.2, 0.25) is 0 Å². The predicted molar refractivity (Wildman–Crippen MR) is 268 cm³/mol. The van der Waals surface area contributed by atoms with Crippen molar-refractivity contribution in [1.29, 1.82) is 0 Å². The number of carbonyl (C=O) groups excluding carboxylic acids is 4. The molecule has 0 bridgehead atoms. The standard InChI is InChI=1S/C58H35N7O5/c66-54-49-50(52-51(49)56(68)65(57(52)69)58-60-59-53(70-58)32-16-2-1-3-17-32)55(67)64(54)48-31-46(62-41-26-12-6-20-35(41)36-21-7-13-27-42(36)62)45(61-39-24-10-4-18-33(39)34-19-5-11-25-40(34)61)30-47(48)63-43-28-14-8-22-37(43)38-23-9-15-29-44(38)63/h1-31,49-52H. The van der Waals surface area contributed by atoms with Crippen molar-refractivity contribution in [2.24, 2.45) is 23.7 Å². The Balaban J connectivity index is 0.997. The van der Waals surface area contributed by atoms with Crippen molar-refractivity contribution in [2.45, 2.75) is 0 Å². The number of para-hydroxylation sites is 6. The van der Waals surface area contributed by atoms with Gasteiger partial charge in [-0.25, -0.2) is 4.90 Å². The molecule has 332 valence electrons. The second kappa shape index (κ2) is 14.1. The Kier molecular flexibility index (Phi) is 7.77. The van der Waals surface area contributed by atoms with Crippen LogP contribution in [0.1, 0.15) is 0 Å². The molecule has 0 N–H and O–H groups in total. The Hall–Kier alpha value is -9.42.